The van der Waals surface area contributed by atoms with E-state index in [1.807, 2.05) is 0 Å². The van der Waals surface area contributed by atoms with Gasteiger partial charge >= 0.3 is 5.97 Å². The summed E-state index contributed by atoms with van der Waals surface area (Å²) in [6.07, 6.45) is 2.94. The molecule has 1 aromatic rings. The van der Waals surface area contributed by atoms with Gasteiger partial charge in [0.15, 0.2) is 0 Å². The largest absolute Gasteiger partial charge is 0.481 e. The fraction of sp³-hybridized carbons (Fsp3) is 0.500. The van der Waals surface area contributed by atoms with Crippen molar-refractivity contribution in [3.05, 3.63) is 35.1 Å². The highest BCUT2D eigenvalue weighted by Gasteiger charge is 2.43. The van der Waals surface area contributed by atoms with Crippen LogP contribution in [0.5, 0.6) is 0 Å². The molecular weight excluding hydrogens is 235 g/mol. The van der Waals surface area contributed by atoms with E-state index in [1.165, 1.54) is 13.2 Å². The van der Waals surface area contributed by atoms with E-state index < -0.39 is 11.4 Å². The molecule has 0 spiro atoms. The highest BCUT2D eigenvalue weighted by Crippen LogP contribution is 2.41. The Morgan fingerprint density at radius 3 is 2.61 bits per heavy atom. The summed E-state index contributed by atoms with van der Waals surface area (Å²) in [5.74, 6) is -1.24. The topological polar surface area (TPSA) is 46.5 Å². The lowest BCUT2D eigenvalue weighted by molar-refractivity contribution is -0.143. The molecule has 2 rings (SSSR count). The molecule has 0 saturated heterocycles. The molecule has 0 radical (unpaired) electrons. The highest BCUT2D eigenvalue weighted by atomic mass is 19.1. The van der Waals surface area contributed by atoms with E-state index in [0.29, 0.717) is 24.0 Å². The molecule has 3 nitrogen and oxygen atoms in total. The number of rotatable bonds is 4. The molecule has 0 amide bonds. The maximum absolute atomic E-state index is 13.9. The van der Waals surface area contributed by atoms with E-state index in [-0.39, 0.29) is 12.4 Å². The van der Waals surface area contributed by atoms with Crippen LogP contribution in [-0.2, 0) is 21.6 Å². The summed E-state index contributed by atoms with van der Waals surface area (Å²) >= 11 is 0. The molecule has 1 aliphatic rings. The number of benzene rings is 1. The van der Waals surface area contributed by atoms with Crippen molar-refractivity contribution in [1.29, 1.82) is 0 Å². The van der Waals surface area contributed by atoms with Crippen LogP contribution in [0.25, 0.3) is 0 Å². The van der Waals surface area contributed by atoms with E-state index >= 15 is 0 Å². The smallest absolute Gasteiger partial charge is 0.314 e. The minimum absolute atomic E-state index is 0.201. The Morgan fingerprint density at radius 1 is 1.44 bits per heavy atom. The summed E-state index contributed by atoms with van der Waals surface area (Å²) in [5, 5.41) is 9.43. The quantitative estimate of drug-likeness (QED) is 0.896. The van der Waals surface area contributed by atoms with E-state index in [9.17, 15) is 14.3 Å². The zero-order valence-electron chi connectivity index (χ0n) is 10.4. The van der Waals surface area contributed by atoms with Gasteiger partial charge in [-0.15, -0.1) is 0 Å². The van der Waals surface area contributed by atoms with Crippen molar-refractivity contribution in [2.24, 2.45) is 0 Å². The number of ether oxygens (including phenoxy) is 1. The lowest BCUT2D eigenvalue weighted by Crippen LogP contribution is -2.32. The maximum atomic E-state index is 13.9. The summed E-state index contributed by atoms with van der Waals surface area (Å²) in [7, 11) is 1.50. The number of carboxylic acid groups (broad SMARTS) is 1. The van der Waals surface area contributed by atoms with Gasteiger partial charge in [0.1, 0.15) is 5.82 Å². The third-order valence-electron chi connectivity index (χ3n) is 3.77. The van der Waals surface area contributed by atoms with E-state index in [4.69, 9.17) is 4.74 Å². The van der Waals surface area contributed by atoms with Gasteiger partial charge in [0.25, 0.3) is 0 Å². The highest BCUT2D eigenvalue weighted by molar-refractivity contribution is 5.81. The number of carboxylic acids is 1. The Labute approximate surface area is 106 Å². The molecule has 1 aromatic carbocycles. The fourth-order valence-electron chi connectivity index (χ4n) is 2.72. The van der Waals surface area contributed by atoms with E-state index in [1.54, 1.807) is 12.1 Å². The molecule has 0 atom stereocenters. The van der Waals surface area contributed by atoms with Gasteiger partial charge in [0.2, 0.25) is 0 Å². The molecule has 0 heterocycles. The molecule has 98 valence electrons. The average Bonchev–Trinajstić information content (AvgIpc) is 2.82. The summed E-state index contributed by atoms with van der Waals surface area (Å²) < 4.78 is 18.7. The summed E-state index contributed by atoms with van der Waals surface area (Å²) in [4.78, 5) is 11.5. The number of halogens is 1. The molecule has 1 aliphatic carbocycles. The minimum Gasteiger partial charge on any atom is -0.481 e. The standard InChI is InChI=1S/C14H17FO3/c1-18-9-10-4-5-11(8-12(10)15)14(13(16)17)6-2-3-7-14/h4-5,8H,2-3,6-7,9H2,1H3,(H,16,17). The van der Waals surface area contributed by atoms with Crippen LogP contribution in [0, 0.1) is 5.82 Å². The second-order valence-electron chi connectivity index (χ2n) is 4.83. The number of hydrogen-bond donors (Lipinski definition) is 1. The predicted octanol–water partition coefficient (Wildman–Crippen LogP) is 2.87. The first-order valence-electron chi connectivity index (χ1n) is 6.11. The van der Waals surface area contributed by atoms with Gasteiger partial charge in [-0.25, -0.2) is 4.39 Å². The zero-order chi connectivity index (χ0) is 13.2. The molecule has 0 bridgehead atoms. The summed E-state index contributed by atoms with van der Waals surface area (Å²) in [6, 6.07) is 4.70. The number of aliphatic carboxylic acids is 1. The second kappa shape index (κ2) is 5.06. The van der Waals surface area contributed by atoms with Crippen molar-refractivity contribution in [3.8, 4) is 0 Å². The van der Waals surface area contributed by atoms with Crippen molar-refractivity contribution in [1.82, 2.24) is 0 Å². The molecule has 0 aliphatic heterocycles. The molecular formula is C14H17FO3. The average molecular weight is 252 g/mol. The van der Waals surface area contributed by atoms with Crippen LogP contribution in [0.4, 0.5) is 4.39 Å². The summed E-state index contributed by atoms with van der Waals surface area (Å²) in [6.45, 7) is 0.201. The first-order chi connectivity index (χ1) is 8.60. The Hall–Kier alpha value is -1.42. The zero-order valence-corrected chi connectivity index (χ0v) is 10.4. The van der Waals surface area contributed by atoms with Crippen LogP contribution in [0.3, 0.4) is 0 Å². The van der Waals surface area contributed by atoms with E-state index in [0.717, 1.165) is 12.8 Å². The Bertz CT molecular complexity index is 450. The molecule has 1 N–H and O–H groups in total. The van der Waals surface area contributed by atoms with Crippen molar-refractivity contribution in [2.45, 2.75) is 37.7 Å². The van der Waals surface area contributed by atoms with E-state index in [2.05, 4.69) is 0 Å². The molecule has 1 fully saturated rings. The monoisotopic (exact) mass is 252 g/mol. The first kappa shape index (κ1) is 13.0. The SMILES string of the molecule is COCc1ccc(C2(C(=O)O)CCCC2)cc1F. The molecule has 0 unspecified atom stereocenters. The lowest BCUT2D eigenvalue weighted by Gasteiger charge is -2.24. The number of methoxy groups -OCH3 is 1. The van der Waals surface area contributed by atoms with Crippen LogP contribution in [0.2, 0.25) is 0 Å². The Balaban J connectivity index is 2.38. The van der Waals surface area contributed by atoms with Gasteiger partial charge in [-0.2, -0.15) is 0 Å². The lowest BCUT2D eigenvalue weighted by atomic mass is 9.78. The predicted molar refractivity (Wildman–Crippen MR) is 64.9 cm³/mol. The number of hydrogen-bond acceptors (Lipinski definition) is 2. The van der Waals surface area contributed by atoms with Gasteiger partial charge in [-0.1, -0.05) is 25.0 Å². The number of carbonyl (C=O) groups is 1. The van der Waals surface area contributed by atoms with Crippen LogP contribution < -0.4 is 0 Å². The summed E-state index contributed by atoms with van der Waals surface area (Å²) in [5.41, 5.74) is 0.136. The Morgan fingerprint density at radius 2 is 2.11 bits per heavy atom. The van der Waals surface area contributed by atoms with Gasteiger partial charge < -0.3 is 9.84 Å². The van der Waals surface area contributed by atoms with Crippen molar-refractivity contribution >= 4 is 5.97 Å². The second-order valence-corrected chi connectivity index (χ2v) is 4.83. The Kier molecular flexibility index (Phi) is 3.66. The molecule has 18 heavy (non-hydrogen) atoms. The maximum Gasteiger partial charge on any atom is 0.314 e. The van der Waals surface area contributed by atoms with Gasteiger partial charge in [0, 0.05) is 12.7 Å². The van der Waals surface area contributed by atoms with Gasteiger partial charge in [-0.3, -0.25) is 4.79 Å². The fourth-order valence-corrected chi connectivity index (χ4v) is 2.72. The van der Waals surface area contributed by atoms with Crippen molar-refractivity contribution < 1.29 is 19.0 Å². The molecule has 0 aromatic heterocycles. The molecule has 1 saturated carbocycles. The normalized spacial score (nSPS) is 17.9. The van der Waals surface area contributed by atoms with Crippen LogP contribution in [-0.4, -0.2) is 18.2 Å². The first-order valence-corrected chi connectivity index (χ1v) is 6.11. The third kappa shape index (κ3) is 2.12. The van der Waals surface area contributed by atoms with Gasteiger partial charge in [-0.05, 0) is 24.5 Å². The van der Waals surface area contributed by atoms with Crippen LogP contribution in [0.1, 0.15) is 36.8 Å². The van der Waals surface area contributed by atoms with Crippen molar-refractivity contribution in [2.75, 3.05) is 7.11 Å². The van der Waals surface area contributed by atoms with Gasteiger partial charge in [0.05, 0.1) is 12.0 Å². The van der Waals surface area contributed by atoms with Crippen molar-refractivity contribution in [3.63, 3.8) is 0 Å². The third-order valence-corrected chi connectivity index (χ3v) is 3.77. The molecule has 4 heteroatoms. The van der Waals surface area contributed by atoms with Crippen LogP contribution >= 0.6 is 0 Å². The van der Waals surface area contributed by atoms with Crippen LogP contribution in [0.15, 0.2) is 18.2 Å². The minimum atomic E-state index is -0.896.